The highest BCUT2D eigenvalue weighted by atomic mass is 19.1. The second-order valence-corrected chi connectivity index (χ2v) is 6.13. The zero-order valence-corrected chi connectivity index (χ0v) is 14.5. The maximum absolute atomic E-state index is 13.9. The maximum atomic E-state index is 13.9. The average molecular weight is 357 g/mol. The molecule has 0 fully saturated rings. The highest BCUT2D eigenvalue weighted by Gasteiger charge is 2.22. The Balaban J connectivity index is 1.57. The van der Waals surface area contributed by atoms with Gasteiger partial charge in [0.05, 0.1) is 18.7 Å². The topological polar surface area (TPSA) is 64.6 Å². The Morgan fingerprint density at radius 2 is 2.04 bits per heavy atom. The van der Waals surface area contributed by atoms with Crippen molar-refractivity contribution in [2.75, 3.05) is 13.7 Å². The van der Waals surface area contributed by atoms with Crippen LogP contribution in [-0.4, -0.2) is 25.6 Å². The summed E-state index contributed by atoms with van der Waals surface area (Å²) in [6.45, 7) is -0.455. The molecule has 0 aliphatic heterocycles. The lowest BCUT2D eigenvalue weighted by Gasteiger charge is -2.26. The Bertz CT molecular complexity index is 821. The second kappa shape index (κ2) is 7.99. The van der Waals surface area contributed by atoms with Gasteiger partial charge in [0.1, 0.15) is 11.6 Å². The Labute approximate surface area is 151 Å². The molecule has 1 aliphatic rings. The number of esters is 1. The number of fused-ring (bicyclic) bond motifs is 1. The Morgan fingerprint density at radius 1 is 1.23 bits per heavy atom. The van der Waals surface area contributed by atoms with Crippen LogP contribution in [0.2, 0.25) is 0 Å². The summed E-state index contributed by atoms with van der Waals surface area (Å²) in [6.07, 6.45) is 2.82. The molecule has 0 unspecified atom stereocenters. The van der Waals surface area contributed by atoms with E-state index in [-0.39, 0.29) is 11.6 Å². The minimum Gasteiger partial charge on any atom is -0.497 e. The lowest BCUT2D eigenvalue weighted by molar-refractivity contribution is -0.125. The van der Waals surface area contributed by atoms with Crippen molar-refractivity contribution in [3.8, 4) is 5.75 Å². The molecule has 136 valence electrons. The van der Waals surface area contributed by atoms with E-state index in [0.717, 1.165) is 30.9 Å². The summed E-state index contributed by atoms with van der Waals surface area (Å²) in [7, 11) is 1.40. The lowest BCUT2D eigenvalue weighted by atomic mass is 9.88. The van der Waals surface area contributed by atoms with Gasteiger partial charge in [0.15, 0.2) is 6.61 Å². The van der Waals surface area contributed by atoms with Crippen molar-refractivity contribution in [1.82, 2.24) is 5.32 Å². The minimum absolute atomic E-state index is 0.0936. The fourth-order valence-electron chi connectivity index (χ4n) is 3.14. The predicted octanol–water partition coefficient (Wildman–Crippen LogP) is 3.18. The van der Waals surface area contributed by atoms with Crippen molar-refractivity contribution in [3.05, 3.63) is 65.0 Å². The first-order valence-corrected chi connectivity index (χ1v) is 8.46. The number of ether oxygens (including phenoxy) is 2. The van der Waals surface area contributed by atoms with E-state index >= 15 is 0 Å². The molecule has 6 heteroatoms. The van der Waals surface area contributed by atoms with Crippen LogP contribution in [0, 0.1) is 5.82 Å². The molecule has 0 spiro atoms. The monoisotopic (exact) mass is 357 g/mol. The van der Waals surface area contributed by atoms with Gasteiger partial charge in [-0.1, -0.05) is 24.3 Å². The zero-order chi connectivity index (χ0) is 18.5. The Kier molecular flexibility index (Phi) is 5.51. The number of aryl methyl sites for hydroxylation is 1. The fourth-order valence-corrected chi connectivity index (χ4v) is 3.14. The third-order valence-corrected chi connectivity index (χ3v) is 4.44. The molecule has 0 bridgehead atoms. The van der Waals surface area contributed by atoms with Crippen LogP contribution in [0.1, 0.15) is 40.4 Å². The molecule has 1 aliphatic carbocycles. The number of methoxy groups -OCH3 is 1. The number of amides is 1. The third kappa shape index (κ3) is 4.02. The third-order valence-electron chi connectivity index (χ3n) is 4.44. The number of nitrogens with one attached hydrogen (secondary N) is 1. The van der Waals surface area contributed by atoms with Crippen molar-refractivity contribution in [1.29, 1.82) is 0 Å². The molecule has 0 aromatic heterocycles. The van der Waals surface area contributed by atoms with Gasteiger partial charge in [-0.05, 0) is 42.5 Å². The van der Waals surface area contributed by atoms with Crippen LogP contribution in [0.4, 0.5) is 4.39 Å². The summed E-state index contributed by atoms with van der Waals surface area (Å²) in [6, 6.07) is 11.7. The van der Waals surface area contributed by atoms with Crippen molar-refractivity contribution >= 4 is 11.9 Å². The summed E-state index contributed by atoms with van der Waals surface area (Å²) in [4.78, 5) is 24.1. The molecule has 2 aromatic rings. The average Bonchev–Trinajstić information content (AvgIpc) is 2.66. The highest BCUT2D eigenvalue weighted by molar-refractivity contribution is 5.91. The molecule has 0 radical (unpaired) electrons. The van der Waals surface area contributed by atoms with Gasteiger partial charge in [-0.3, -0.25) is 4.79 Å². The van der Waals surface area contributed by atoms with E-state index < -0.39 is 24.3 Å². The number of benzene rings is 2. The standard InChI is InChI=1S/C20H20FNO4/c1-25-14-9-10-16(17(21)11-14)20(24)26-12-19(23)22-18-8-4-6-13-5-2-3-7-15(13)18/h2-3,5,7,9-11,18H,4,6,8,12H2,1H3,(H,22,23)/t18-/m0/s1. The van der Waals surface area contributed by atoms with Gasteiger partial charge in [0.25, 0.3) is 5.91 Å². The molecule has 0 saturated heterocycles. The minimum atomic E-state index is -0.885. The van der Waals surface area contributed by atoms with Crippen LogP contribution in [0.5, 0.6) is 5.75 Å². The summed E-state index contributed by atoms with van der Waals surface area (Å²) >= 11 is 0. The summed E-state index contributed by atoms with van der Waals surface area (Å²) in [5.41, 5.74) is 2.09. The van der Waals surface area contributed by atoms with E-state index in [1.807, 2.05) is 18.2 Å². The van der Waals surface area contributed by atoms with Crippen molar-refractivity contribution in [3.63, 3.8) is 0 Å². The van der Waals surface area contributed by atoms with Crippen LogP contribution in [0.25, 0.3) is 0 Å². The molecule has 0 saturated carbocycles. The molecular weight excluding hydrogens is 337 g/mol. The molecule has 2 aromatic carbocycles. The highest BCUT2D eigenvalue weighted by Crippen LogP contribution is 2.29. The molecule has 1 atom stereocenters. The van der Waals surface area contributed by atoms with Gasteiger partial charge < -0.3 is 14.8 Å². The van der Waals surface area contributed by atoms with Crippen LogP contribution < -0.4 is 10.1 Å². The zero-order valence-electron chi connectivity index (χ0n) is 14.5. The predicted molar refractivity (Wildman–Crippen MR) is 93.5 cm³/mol. The Hall–Kier alpha value is -2.89. The fraction of sp³-hybridized carbons (Fsp3) is 0.300. The van der Waals surface area contributed by atoms with Gasteiger partial charge >= 0.3 is 5.97 Å². The normalized spacial score (nSPS) is 15.7. The van der Waals surface area contributed by atoms with Crippen LogP contribution in [0.3, 0.4) is 0 Å². The molecule has 1 N–H and O–H groups in total. The van der Waals surface area contributed by atoms with Gasteiger partial charge in [0.2, 0.25) is 0 Å². The van der Waals surface area contributed by atoms with Crippen LogP contribution in [-0.2, 0) is 16.0 Å². The number of halogens is 1. The van der Waals surface area contributed by atoms with Crippen molar-refractivity contribution in [2.45, 2.75) is 25.3 Å². The largest absolute Gasteiger partial charge is 0.497 e. The van der Waals surface area contributed by atoms with Crippen molar-refractivity contribution in [2.24, 2.45) is 0 Å². The van der Waals surface area contributed by atoms with Crippen LogP contribution in [0.15, 0.2) is 42.5 Å². The summed E-state index contributed by atoms with van der Waals surface area (Å²) in [5.74, 6) is -1.75. The van der Waals surface area contributed by atoms with E-state index in [4.69, 9.17) is 9.47 Å². The molecule has 26 heavy (non-hydrogen) atoms. The van der Waals surface area contributed by atoms with E-state index in [9.17, 15) is 14.0 Å². The SMILES string of the molecule is COc1ccc(C(=O)OCC(=O)N[C@H]2CCCc3ccccc32)c(F)c1. The van der Waals surface area contributed by atoms with Gasteiger partial charge in [-0.15, -0.1) is 0 Å². The molecule has 5 nitrogen and oxygen atoms in total. The van der Waals surface area contributed by atoms with E-state index in [1.54, 1.807) is 0 Å². The molecule has 1 amide bonds. The molecular formula is C20H20FNO4. The van der Waals surface area contributed by atoms with Crippen molar-refractivity contribution < 1.29 is 23.5 Å². The number of carbonyl (C=O) groups excluding carboxylic acids is 2. The number of rotatable bonds is 5. The second-order valence-electron chi connectivity index (χ2n) is 6.13. The first kappa shape index (κ1) is 17.9. The van der Waals surface area contributed by atoms with Gasteiger partial charge in [-0.2, -0.15) is 0 Å². The van der Waals surface area contributed by atoms with Gasteiger partial charge in [0, 0.05) is 6.07 Å². The van der Waals surface area contributed by atoms with Crippen LogP contribution >= 0.6 is 0 Å². The quantitative estimate of drug-likeness (QED) is 0.835. The molecule has 0 heterocycles. The summed E-state index contributed by atoms with van der Waals surface area (Å²) in [5, 5.41) is 2.88. The Morgan fingerprint density at radius 3 is 2.81 bits per heavy atom. The van der Waals surface area contributed by atoms with Gasteiger partial charge in [-0.25, -0.2) is 9.18 Å². The maximum Gasteiger partial charge on any atom is 0.341 e. The number of hydrogen-bond acceptors (Lipinski definition) is 4. The lowest BCUT2D eigenvalue weighted by Crippen LogP contribution is -2.34. The first-order valence-electron chi connectivity index (χ1n) is 8.46. The first-order chi connectivity index (χ1) is 12.6. The van der Waals surface area contributed by atoms with E-state index in [2.05, 4.69) is 11.4 Å². The molecule has 3 rings (SSSR count). The summed E-state index contributed by atoms with van der Waals surface area (Å²) < 4.78 is 23.7. The van der Waals surface area contributed by atoms with E-state index in [1.165, 1.54) is 24.8 Å². The van der Waals surface area contributed by atoms with E-state index in [0.29, 0.717) is 5.75 Å². The number of hydrogen-bond donors (Lipinski definition) is 1. The smallest absolute Gasteiger partial charge is 0.341 e. The number of carbonyl (C=O) groups is 2.